The maximum absolute atomic E-state index is 12.2. The van der Waals surface area contributed by atoms with Crippen molar-refractivity contribution in [2.75, 3.05) is 13.2 Å². The van der Waals surface area contributed by atoms with E-state index in [-0.39, 0.29) is 5.97 Å². The number of benzene rings is 3. The predicted octanol–water partition coefficient (Wildman–Crippen LogP) is 9.41. The fraction of sp³-hybridized carbons (Fsp3) is 0.441. The third kappa shape index (κ3) is 10.6. The molecule has 38 heavy (non-hydrogen) atoms. The van der Waals surface area contributed by atoms with Crippen LogP contribution in [0.3, 0.4) is 0 Å². The van der Waals surface area contributed by atoms with Crippen LogP contribution in [0.5, 0.6) is 11.5 Å². The van der Waals surface area contributed by atoms with Crippen molar-refractivity contribution in [1.29, 1.82) is 0 Å². The number of carbonyl (C=O) groups is 1. The molecule has 4 heteroatoms. The van der Waals surface area contributed by atoms with Gasteiger partial charge in [0.05, 0.1) is 18.8 Å². The third-order valence-electron chi connectivity index (χ3n) is 6.63. The van der Waals surface area contributed by atoms with Crippen LogP contribution in [0.4, 0.5) is 0 Å². The molecule has 0 bridgehead atoms. The smallest absolute Gasteiger partial charge is 0.338 e. The Balaban J connectivity index is 1.39. The molecule has 0 saturated heterocycles. The van der Waals surface area contributed by atoms with E-state index in [0.29, 0.717) is 18.8 Å². The first-order valence-corrected chi connectivity index (χ1v) is 14.4. The number of rotatable bonds is 18. The van der Waals surface area contributed by atoms with E-state index in [2.05, 4.69) is 38.1 Å². The molecule has 0 fully saturated rings. The average molecular weight is 517 g/mol. The van der Waals surface area contributed by atoms with E-state index in [0.717, 1.165) is 54.1 Å². The highest BCUT2D eigenvalue weighted by Gasteiger charge is 2.07. The Morgan fingerprint density at radius 2 is 1.05 bits per heavy atom. The molecule has 0 aliphatic rings. The first-order chi connectivity index (χ1) is 18.7. The summed E-state index contributed by atoms with van der Waals surface area (Å²) in [4.78, 5) is 12.2. The maximum atomic E-state index is 12.2. The summed E-state index contributed by atoms with van der Waals surface area (Å²) >= 11 is 0. The molecule has 4 nitrogen and oxygen atoms in total. The van der Waals surface area contributed by atoms with Gasteiger partial charge in [0.25, 0.3) is 0 Å². The van der Waals surface area contributed by atoms with Crippen LogP contribution in [0.15, 0.2) is 72.8 Å². The Kier molecular flexibility index (Phi) is 13.3. The molecule has 0 atom stereocenters. The second-order valence-corrected chi connectivity index (χ2v) is 9.85. The van der Waals surface area contributed by atoms with E-state index in [4.69, 9.17) is 14.2 Å². The van der Waals surface area contributed by atoms with E-state index in [1.807, 2.05) is 36.4 Å². The van der Waals surface area contributed by atoms with Gasteiger partial charge in [-0.1, -0.05) is 102 Å². The van der Waals surface area contributed by atoms with Crippen molar-refractivity contribution in [3.63, 3.8) is 0 Å². The number of hydrogen-bond donors (Lipinski definition) is 0. The number of carbonyl (C=O) groups excluding carboxylic acids is 1. The van der Waals surface area contributed by atoms with E-state index in [1.165, 1.54) is 44.9 Å². The average Bonchev–Trinajstić information content (AvgIpc) is 2.96. The van der Waals surface area contributed by atoms with Crippen LogP contribution in [0.25, 0.3) is 11.1 Å². The van der Waals surface area contributed by atoms with Crippen LogP contribution >= 0.6 is 0 Å². The molecule has 0 N–H and O–H groups in total. The zero-order valence-corrected chi connectivity index (χ0v) is 23.3. The molecule has 0 spiro atoms. The first-order valence-electron chi connectivity index (χ1n) is 14.4. The van der Waals surface area contributed by atoms with Crippen molar-refractivity contribution in [1.82, 2.24) is 0 Å². The fourth-order valence-corrected chi connectivity index (χ4v) is 4.24. The summed E-state index contributed by atoms with van der Waals surface area (Å²) in [6, 6.07) is 23.8. The minimum atomic E-state index is -0.262. The zero-order chi connectivity index (χ0) is 26.8. The van der Waals surface area contributed by atoms with Crippen LogP contribution in [0, 0.1) is 0 Å². The highest BCUT2D eigenvalue weighted by molar-refractivity contribution is 5.89. The lowest BCUT2D eigenvalue weighted by molar-refractivity contribution is 0.0497. The van der Waals surface area contributed by atoms with Gasteiger partial charge in [-0.2, -0.15) is 0 Å². The molecule has 0 aliphatic heterocycles. The molecule has 204 valence electrons. The van der Waals surface area contributed by atoms with Crippen molar-refractivity contribution in [3.8, 4) is 22.6 Å². The van der Waals surface area contributed by atoms with Crippen LogP contribution in [-0.2, 0) is 11.3 Å². The van der Waals surface area contributed by atoms with Crippen LogP contribution in [0.2, 0.25) is 0 Å². The van der Waals surface area contributed by atoms with Gasteiger partial charge >= 0.3 is 5.97 Å². The lowest BCUT2D eigenvalue weighted by Gasteiger charge is -2.10. The van der Waals surface area contributed by atoms with Gasteiger partial charge in [-0.3, -0.25) is 0 Å². The summed E-state index contributed by atoms with van der Waals surface area (Å²) in [5, 5.41) is 0. The number of unbranched alkanes of at least 4 members (excludes halogenated alkanes) is 8. The zero-order valence-electron chi connectivity index (χ0n) is 23.3. The lowest BCUT2D eigenvalue weighted by atomic mass is 10.1. The molecular formula is C34H44O4. The predicted molar refractivity (Wildman–Crippen MR) is 156 cm³/mol. The van der Waals surface area contributed by atoms with Crippen molar-refractivity contribution in [2.45, 2.75) is 84.7 Å². The molecule has 3 rings (SSSR count). The monoisotopic (exact) mass is 516 g/mol. The van der Waals surface area contributed by atoms with Crippen molar-refractivity contribution >= 4 is 5.97 Å². The van der Waals surface area contributed by atoms with Gasteiger partial charge in [0.2, 0.25) is 0 Å². The van der Waals surface area contributed by atoms with Gasteiger partial charge in [0.1, 0.15) is 18.1 Å². The summed E-state index contributed by atoms with van der Waals surface area (Å²) in [5.41, 5.74) is 3.87. The van der Waals surface area contributed by atoms with Crippen molar-refractivity contribution < 1.29 is 19.0 Å². The summed E-state index contributed by atoms with van der Waals surface area (Å²) in [6.07, 6.45) is 12.0. The standard InChI is InChI=1S/C34H44O4/c1-3-5-7-9-10-12-25-36-32-21-17-29(18-22-32)30-19-23-33(24-20-30)38-27-28-13-15-31(16-14-28)34(35)37-26-11-8-6-4-2/h13-24H,3-12,25-27H2,1-2H3. The van der Waals surface area contributed by atoms with E-state index >= 15 is 0 Å². The van der Waals surface area contributed by atoms with E-state index < -0.39 is 0 Å². The largest absolute Gasteiger partial charge is 0.494 e. The molecule has 0 heterocycles. The van der Waals surface area contributed by atoms with Crippen LogP contribution in [0.1, 0.15) is 94.0 Å². The minimum Gasteiger partial charge on any atom is -0.494 e. The summed E-state index contributed by atoms with van der Waals surface area (Å²) in [6.45, 7) is 6.12. The summed E-state index contributed by atoms with van der Waals surface area (Å²) in [7, 11) is 0. The normalized spacial score (nSPS) is 10.8. The number of hydrogen-bond acceptors (Lipinski definition) is 4. The third-order valence-corrected chi connectivity index (χ3v) is 6.63. The maximum Gasteiger partial charge on any atom is 0.338 e. The van der Waals surface area contributed by atoms with Gasteiger partial charge in [0.15, 0.2) is 0 Å². The molecule has 0 radical (unpaired) electrons. The number of ether oxygens (including phenoxy) is 3. The van der Waals surface area contributed by atoms with Gasteiger partial charge in [-0.25, -0.2) is 4.79 Å². The van der Waals surface area contributed by atoms with Crippen LogP contribution < -0.4 is 9.47 Å². The molecule has 3 aromatic carbocycles. The Hall–Kier alpha value is -3.27. The Morgan fingerprint density at radius 3 is 1.66 bits per heavy atom. The van der Waals surface area contributed by atoms with Crippen molar-refractivity contribution in [3.05, 3.63) is 83.9 Å². The molecule has 0 saturated carbocycles. The van der Waals surface area contributed by atoms with Crippen molar-refractivity contribution in [2.24, 2.45) is 0 Å². The van der Waals surface area contributed by atoms with Gasteiger partial charge < -0.3 is 14.2 Å². The minimum absolute atomic E-state index is 0.262. The molecule has 0 unspecified atom stereocenters. The molecule has 0 aliphatic carbocycles. The Labute approximate surface area is 229 Å². The SMILES string of the molecule is CCCCCCCCOc1ccc(-c2ccc(OCc3ccc(C(=O)OCCCCCC)cc3)cc2)cc1. The fourth-order valence-electron chi connectivity index (χ4n) is 4.24. The summed E-state index contributed by atoms with van der Waals surface area (Å²) < 4.78 is 17.2. The summed E-state index contributed by atoms with van der Waals surface area (Å²) in [5.74, 6) is 1.47. The number of esters is 1. The molecular weight excluding hydrogens is 472 g/mol. The van der Waals surface area contributed by atoms with E-state index in [1.54, 1.807) is 12.1 Å². The van der Waals surface area contributed by atoms with Gasteiger partial charge in [0, 0.05) is 0 Å². The second kappa shape index (κ2) is 17.3. The highest BCUT2D eigenvalue weighted by atomic mass is 16.5. The molecule has 0 amide bonds. The highest BCUT2D eigenvalue weighted by Crippen LogP contribution is 2.25. The first kappa shape index (κ1) is 29.3. The second-order valence-electron chi connectivity index (χ2n) is 9.85. The Bertz CT molecular complexity index is 1040. The van der Waals surface area contributed by atoms with E-state index in [9.17, 15) is 4.79 Å². The van der Waals surface area contributed by atoms with Crippen LogP contribution in [-0.4, -0.2) is 19.2 Å². The molecule has 0 aromatic heterocycles. The quantitative estimate of drug-likeness (QED) is 0.125. The Morgan fingerprint density at radius 1 is 0.553 bits per heavy atom. The molecule has 3 aromatic rings. The lowest BCUT2D eigenvalue weighted by Crippen LogP contribution is -2.06. The topological polar surface area (TPSA) is 44.8 Å². The van der Waals surface area contributed by atoms with Gasteiger partial charge in [-0.05, 0) is 65.9 Å². The van der Waals surface area contributed by atoms with Gasteiger partial charge in [-0.15, -0.1) is 0 Å².